The van der Waals surface area contributed by atoms with E-state index in [2.05, 4.69) is 9.97 Å². The first-order valence-electron chi connectivity index (χ1n) is 7.80. The Morgan fingerprint density at radius 3 is 2.32 bits per heavy atom. The molecule has 1 aromatic heterocycles. The predicted molar refractivity (Wildman–Crippen MR) is 92.7 cm³/mol. The summed E-state index contributed by atoms with van der Waals surface area (Å²) in [4.78, 5) is 24.8. The summed E-state index contributed by atoms with van der Waals surface area (Å²) in [5.41, 5.74) is 1.000. The van der Waals surface area contributed by atoms with Crippen molar-refractivity contribution in [1.82, 2.24) is 14.9 Å². The molecular formula is C16H19N5O3S. The lowest BCUT2D eigenvalue weighted by Gasteiger charge is -2.34. The van der Waals surface area contributed by atoms with Gasteiger partial charge in [-0.1, -0.05) is 0 Å². The lowest BCUT2D eigenvalue weighted by atomic mass is 10.1. The Balaban J connectivity index is 1.74. The van der Waals surface area contributed by atoms with Crippen molar-refractivity contribution >= 4 is 21.9 Å². The van der Waals surface area contributed by atoms with E-state index in [1.807, 2.05) is 4.90 Å². The fraction of sp³-hybridized carbons (Fsp3) is 0.312. The molecule has 0 bridgehead atoms. The van der Waals surface area contributed by atoms with Crippen LogP contribution < -0.4 is 10.0 Å². The van der Waals surface area contributed by atoms with Crippen LogP contribution >= 0.6 is 0 Å². The third kappa shape index (κ3) is 3.94. The number of hydrogen-bond acceptors (Lipinski definition) is 6. The number of piperazine rings is 1. The number of carbonyl (C=O) groups excluding carboxylic acids is 1. The number of nitrogens with two attached hydrogens (primary N) is 1. The number of nitrogens with zero attached hydrogens (tertiary/aromatic N) is 4. The van der Waals surface area contributed by atoms with Gasteiger partial charge in [0, 0.05) is 44.1 Å². The highest BCUT2D eigenvalue weighted by atomic mass is 32.2. The number of amides is 1. The summed E-state index contributed by atoms with van der Waals surface area (Å²) < 4.78 is 23.1. The molecule has 0 atom stereocenters. The molecule has 0 saturated carbocycles. The summed E-state index contributed by atoms with van der Waals surface area (Å²) in [6.45, 7) is 3.98. The summed E-state index contributed by atoms with van der Waals surface area (Å²) in [5, 5.41) is 5.18. The van der Waals surface area contributed by atoms with Crippen LogP contribution in [0.4, 0.5) is 5.95 Å². The molecule has 2 heterocycles. The van der Waals surface area contributed by atoms with Crippen LogP contribution in [0.15, 0.2) is 41.6 Å². The maximum absolute atomic E-state index is 12.7. The Hall–Kier alpha value is -2.52. The minimum atomic E-state index is -3.85. The molecule has 8 nitrogen and oxygen atoms in total. The third-order valence-electron chi connectivity index (χ3n) is 4.03. The van der Waals surface area contributed by atoms with Crippen molar-refractivity contribution in [2.45, 2.75) is 11.8 Å². The van der Waals surface area contributed by atoms with Gasteiger partial charge in [0.05, 0.1) is 4.90 Å². The largest absolute Gasteiger partial charge is 0.337 e. The van der Waals surface area contributed by atoms with Crippen LogP contribution in [0.5, 0.6) is 0 Å². The first-order chi connectivity index (χ1) is 11.8. The van der Waals surface area contributed by atoms with Crippen LogP contribution in [0.25, 0.3) is 0 Å². The number of sulfonamides is 1. The Kier molecular flexibility index (Phi) is 4.69. The fourth-order valence-corrected chi connectivity index (χ4v) is 3.42. The summed E-state index contributed by atoms with van der Waals surface area (Å²) in [6.07, 6.45) is 3.36. The van der Waals surface area contributed by atoms with Gasteiger partial charge < -0.3 is 9.80 Å². The first-order valence-corrected chi connectivity index (χ1v) is 9.35. The maximum atomic E-state index is 12.7. The molecule has 25 heavy (non-hydrogen) atoms. The van der Waals surface area contributed by atoms with E-state index in [1.54, 1.807) is 36.4 Å². The van der Waals surface area contributed by atoms with E-state index < -0.39 is 10.0 Å². The topological polar surface area (TPSA) is 109 Å². The van der Waals surface area contributed by atoms with Crippen molar-refractivity contribution in [3.63, 3.8) is 0 Å². The van der Waals surface area contributed by atoms with Crippen LogP contribution in [-0.2, 0) is 10.0 Å². The zero-order valence-electron chi connectivity index (χ0n) is 13.8. The van der Waals surface area contributed by atoms with Gasteiger partial charge in [0.1, 0.15) is 0 Å². The lowest BCUT2D eigenvalue weighted by molar-refractivity contribution is 0.0746. The molecule has 9 heteroatoms. The van der Waals surface area contributed by atoms with Crippen LogP contribution in [-0.4, -0.2) is 55.4 Å². The van der Waals surface area contributed by atoms with E-state index in [-0.39, 0.29) is 10.8 Å². The Bertz CT molecular complexity index is 878. The number of rotatable bonds is 3. The number of primary sulfonamides is 1. The number of anilines is 1. The van der Waals surface area contributed by atoms with Crippen LogP contribution in [0.1, 0.15) is 15.9 Å². The SMILES string of the molecule is Cc1cc(C(=O)N2CCN(c3ncccn3)CC2)cc(S(N)(=O)=O)c1. The molecule has 3 rings (SSSR count). The molecule has 132 valence electrons. The number of benzene rings is 1. The highest BCUT2D eigenvalue weighted by molar-refractivity contribution is 7.89. The van der Waals surface area contributed by atoms with Gasteiger partial charge in [-0.3, -0.25) is 4.79 Å². The van der Waals surface area contributed by atoms with Crippen molar-refractivity contribution < 1.29 is 13.2 Å². The highest BCUT2D eigenvalue weighted by Crippen LogP contribution is 2.17. The van der Waals surface area contributed by atoms with E-state index in [0.717, 1.165) is 0 Å². The molecule has 1 aliphatic rings. The lowest BCUT2D eigenvalue weighted by Crippen LogP contribution is -2.49. The zero-order chi connectivity index (χ0) is 18.0. The second-order valence-electron chi connectivity index (χ2n) is 5.91. The van der Waals surface area contributed by atoms with E-state index >= 15 is 0 Å². The molecule has 0 radical (unpaired) electrons. The molecule has 1 fully saturated rings. The molecule has 1 aromatic carbocycles. The molecule has 0 aliphatic carbocycles. The molecule has 1 aliphatic heterocycles. The van der Waals surface area contributed by atoms with Gasteiger partial charge >= 0.3 is 0 Å². The van der Waals surface area contributed by atoms with E-state index in [9.17, 15) is 13.2 Å². The Morgan fingerprint density at radius 2 is 1.72 bits per heavy atom. The highest BCUT2D eigenvalue weighted by Gasteiger charge is 2.24. The second kappa shape index (κ2) is 6.77. The summed E-state index contributed by atoms with van der Waals surface area (Å²) in [6, 6.07) is 6.21. The van der Waals surface area contributed by atoms with Crippen molar-refractivity contribution in [1.29, 1.82) is 0 Å². The number of carbonyl (C=O) groups is 1. The van der Waals surface area contributed by atoms with Crippen molar-refractivity contribution in [3.8, 4) is 0 Å². The van der Waals surface area contributed by atoms with E-state index in [0.29, 0.717) is 43.3 Å². The van der Waals surface area contributed by atoms with Gasteiger partial charge in [0.2, 0.25) is 16.0 Å². The smallest absolute Gasteiger partial charge is 0.254 e. The number of hydrogen-bond donors (Lipinski definition) is 1. The van der Waals surface area contributed by atoms with E-state index in [1.165, 1.54) is 12.1 Å². The van der Waals surface area contributed by atoms with Gasteiger partial charge in [0.25, 0.3) is 5.91 Å². The maximum Gasteiger partial charge on any atom is 0.254 e. The molecule has 2 N–H and O–H groups in total. The second-order valence-corrected chi connectivity index (χ2v) is 7.47. The quantitative estimate of drug-likeness (QED) is 0.847. The summed E-state index contributed by atoms with van der Waals surface area (Å²) in [5.74, 6) is 0.434. The van der Waals surface area contributed by atoms with Crippen LogP contribution in [0, 0.1) is 6.92 Å². The monoisotopic (exact) mass is 361 g/mol. The standard InChI is InChI=1S/C16H19N5O3S/c1-12-9-13(11-14(10-12)25(17,23)24)15(22)20-5-7-21(8-6-20)16-18-3-2-4-19-16/h2-4,9-11H,5-8H2,1H3,(H2,17,23,24). The molecular weight excluding hydrogens is 342 g/mol. The van der Waals surface area contributed by atoms with Gasteiger partial charge in [-0.25, -0.2) is 23.5 Å². The molecule has 1 amide bonds. The Labute approximate surface area is 146 Å². The van der Waals surface area contributed by atoms with Crippen LogP contribution in [0.2, 0.25) is 0 Å². The van der Waals surface area contributed by atoms with Gasteiger partial charge in [0.15, 0.2) is 0 Å². The molecule has 2 aromatic rings. The summed E-state index contributed by atoms with van der Waals surface area (Å²) >= 11 is 0. The first kappa shape index (κ1) is 17.3. The van der Waals surface area contributed by atoms with Gasteiger partial charge in [-0.05, 0) is 36.8 Å². The fourth-order valence-electron chi connectivity index (χ4n) is 2.78. The number of aryl methyl sites for hydroxylation is 1. The predicted octanol–water partition coefficient (Wildman–Crippen LogP) is 0.395. The molecule has 1 saturated heterocycles. The molecule has 0 unspecified atom stereocenters. The third-order valence-corrected chi connectivity index (χ3v) is 4.92. The molecule has 0 spiro atoms. The average Bonchev–Trinajstić information content (AvgIpc) is 2.61. The van der Waals surface area contributed by atoms with E-state index in [4.69, 9.17) is 5.14 Å². The Morgan fingerprint density at radius 1 is 1.08 bits per heavy atom. The van der Waals surface area contributed by atoms with Gasteiger partial charge in [-0.15, -0.1) is 0 Å². The normalized spacial score (nSPS) is 15.3. The van der Waals surface area contributed by atoms with Crippen LogP contribution in [0.3, 0.4) is 0 Å². The summed E-state index contributed by atoms with van der Waals surface area (Å²) in [7, 11) is -3.85. The minimum Gasteiger partial charge on any atom is -0.337 e. The average molecular weight is 361 g/mol. The van der Waals surface area contributed by atoms with Crippen molar-refractivity contribution in [2.24, 2.45) is 5.14 Å². The van der Waals surface area contributed by atoms with Gasteiger partial charge in [-0.2, -0.15) is 0 Å². The minimum absolute atomic E-state index is 0.0489. The van der Waals surface area contributed by atoms with Crippen molar-refractivity contribution in [2.75, 3.05) is 31.1 Å². The van der Waals surface area contributed by atoms with Crippen molar-refractivity contribution in [3.05, 3.63) is 47.8 Å². The zero-order valence-corrected chi connectivity index (χ0v) is 14.6. The number of aromatic nitrogens is 2.